The minimum atomic E-state index is -0.241. The number of nitrogens with zero attached hydrogens (tertiary/aromatic N) is 6. The SMILES string of the molecule is CCOc1cc2nc(CC)c(C#N)c(Nc3ccc4cnn(C)c4c3)c2cc1NC(=O)/C=C/CN1CCN(C)CC1. The first-order chi connectivity index (χ1) is 19.9. The van der Waals surface area contributed by atoms with Crippen LogP contribution in [-0.4, -0.2) is 76.8 Å². The Hall–Kier alpha value is -4.46. The highest BCUT2D eigenvalue weighted by atomic mass is 16.5. The molecule has 1 amide bonds. The number of nitrogens with one attached hydrogen (secondary N) is 2. The molecule has 10 heteroatoms. The molecule has 5 rings (SSSR count). The number of hydrogen-bond acceptors (Lipinski definition) is 8. The first-order valence-corrected chi connectivity index (χ1v) is 14.0. The van der Waals surface area contributed by atoms with Gasteiger partial charge in [0.1, 0.15) is 11.8 Å². The van der Waals surface area contributed by atoms with Crippen LogP contribution < -0.4 is 15.4 Å². The van der Waals surface area contributed by atoms with Gasteiger partial charge < -0.3 is 20.3 Å². The van der Waals surface area contributed by atoms with Gasteiger partial charge in [0.05, 0.1) is 46.5 Å². The lowest BCUT2D eigenvalue weighted by atomic mass is 10.0. The molecule has 41 heavy (non-hydrogen) atoms. The van der Waals surface area contributed by atoms with E-state index in [4.69, 9.17) is 9.72 Å². The number of piperazine rings is 1. The van der Waals surface area contributed by atoms with Gasteiger partial charge in [-0.3, -0.25) is 19.4 Å². The highest BCUT2D eigenvalue weighted by molar-refractivity contribution is 6.05. The average Bonchev–Trinajstić information content (AvgIpc) is 3.34. The number of amides is 1. The number of fused-ring (bicyclic) bond motifs is 2. The molecule has 1 aliphatic heterocycles. The molecule has 10 nitrogen and oxygen atoms in total. The molecule has 212 valence electrons. The predicted octanol–water partition coefficient (Wildman–Crippen LogP) is 4.44. The maximum Gasteiger partial charge on any atom is 0.248 e. The molecule has 2 aromatic carbocycles. The maximum absolute atomic E-state index is 13.0. The Morgan fingerprint density at radius 1 is 1.15 bits per heavy atom. The van der Waals surface area contributed by atoms with E-state index in [0.29, 0.717) is 52.3 Å². The second-order valence-corrected chi connectivity index (χ2v) is 10.2. The van der Waals surface area contributed by atoms with Gasteiger partial charge in [0.25, 0.3) is 0 Å². The van der Waals surface area contributed by atoms with E-state index in [1.165, 1.54) is 0 Å². The summed E-state index contributed by atoms with van der Waals surface area (Å²) in [6, 6.07) is 12.0. The average molecular weight is 553 g/mol. The van der Waals surface area contributed by atoms with E-state index in [1.54, 1.807) is 6.08 Å². The third-order valence-electron chi connectivity index (χ3n) is 7.41. The fraction of sp³-hybridized carbons (Fsp3) is 0.355. The molecule has 0 unspecified atom stereocenters. The summed E-state index contributed by atoms with van der Waals surface area (Å²) in [5, 5.41) is 22.7. The Labute approximate surface area is 240 Å². The fourth-order valence-corrected chi connectivity index (χ4v) is 5.10. The molecule has 0 atom stereocenters. The van der Waals surface area contributed by atoms with Crippen LogP contribution in [0.5, 0.6) is 5.75 Å². The first kappa shape index (κ1) is 28.1. The zero-order chi connectivity index (χ0) is 28.9. The van der Waals surface area contributed by atoms with Crippen LogP contribution in [0.25, 0.3) is 21.8 Å². The van der Waals surface area contributed by atoms with Crippen molar-refractivity contribution in [3.05, 3.63) is 59.9 Å². The summed E-state index contributed by atoms with van der Waals surface area (Å²) in [5.74, 6) is 0.288. The smallest absolute Gasteiger partial charge is 0.248 e. The van der Waals surface area contributed by atoms with E-state index >= 15 is 0 Å². The van der Waals surface area contributed by atoms with Gasteiger partial charge in [-0.1, -0.05) is 13.0 Å². The number of carbonyl (C=O) groups is 1. The summed E-state index contributed by atoms with van der Waals surface area (Å²) in [6.07, 6.45) is 5.88. The minimum absolute atomic E-state index is 0.241. The number of ether oxygens (including phenoxy) is 1. The summed E-state index contributed by atoms with van der Waals surface area (Å²) in [4.78, 5) is 22.4. The second-order valence-electron chi connectivity index (χ2n) is 10.2. The number of pyridine rings is 1. The van der Waals surface area contributed by atoms with Gasteiger partial charge >= 0.3 is 0 Å². The van der Waals surface area contributed by atoms with Crippen molar-refractivity contribution >= 4 is 44.8 Å². The van der Waals surface area contributed by atoms with E-state index in [-0.39, 0.29) is 5.91 Å². The van der Waals surface area contributed by atoms with Crippen LogP contribution in [0.3, 0.4) is 0 Å². The van der Waals surface area contributed by atoms with Gasteiger partial charge in [-0.05, 0) is 44.7 Å². The number of aryl methyl sites for hydroxylation is 2. The zero-order valence-corrected chi connectivity index (χ0v) is 24.1. The second kappa shape index (κ2) is 12.4. The lowest BCUT2D eigenvalue weighted by Crippen LogP contribution is -2.44. The molecule has 0 bridgehead atoms. The largest absolute Gasteiger partial charge is 0.492 e. The van der Waals surface area contributed by atoms with Gasteiger partial charge in [-0.25, -0.2) is 0 Å². The molecule has 2 N–H and O–H groups in total. The lowest BCUT2D eigenvalue weighted by Gasteiger charge is -2.31. The topological polar surface area (TPSA) is 111 Å². The maximum atomic E-state index is 13.0. The fourth-order valence-electron chi connectivity index (χ4n) is 5.10. The van der Waals surface area contributed by atoms with E-state index in [2.05, 4.69) is 38.6 Å². The molecule has 1 saturated heterocycles. The standard InChI is InChI=1S/C31H36N8O2/c1-5-25-24(19-32)31(34-22-10-9-21-20-33-38(4)28(21)16-22)23-17-27(29(41-6-2)18-26(23)35-25)36-30(40)8-7-11-39-14-12-37(3)13-15-39/h7-10,16-18,20H,5-6,11-15H2,1-4H3,(H,34,35)(H,36,40)/b8-7+. The first-order valence-electron chi connectivity index (χ1n) is 14.0. The zero-order valence-electron chi connectivity index (χ0n) is 24.1. The van der Waals surface area contributed by atoms with E-state index < -0.39 is 0 Å². The Bertz CT molecular complexity index is 1640. The molecule has 3 heterocycles. The Balaban J connectivity index is 1.49. The third-order valence-corrected chi connectivity index (χ3v) is 7.41. The number of rotatable bonds is 9. The number of hydrogen-bond donors (Lipinski definition) is 2. The monoisotopic (exact) mass is 552 g/mol. The molecular weight excluding hydrogens is 516 g/mol. The van der Waals surface area contributed by atoms with Crippen LogP contribution in [-0.2, 0) is 18.3 Å². The van der Waals surface area contributed by atoms with Crippen LogP contribution >= 0.6 is 0 Å². The lowest BCUT2D eigenvalue weighted by molar-refractivity contribution is -0.111. The van der Waals surface area contributed by atoms with Crippen molar-refractivity contribution in [2.75, 3.05) is 57.0 Å². The Morgan fingerprint density at radius 3 is 2.68 bits per heavy atom. The van der Waals surface area contributed by atoms with Crippen molar-refractivity contribution in [1.82, 2.24) is 24.6 Å². The van der Waals surface area contributed by atoms with Gasteiger partial charge in [-0.2, -0.15) is 10.4 Å². The minimum Gasteiger partial charge on any atom is -0.492 e. The quantitative estimate of drug-likeness (QED) is 0.293. The van der Waals surface area contributed by atoms with Crippen LogP contribution in [0.15, 0.2) is 48.7 Å². The number of anilines is 3. The number of nitriles is 1. The summed E-state index contributed by atoms with van der Waals surface area (Å²) in [6.45, 7) is 9.06. The molecular formula is C31H36N8O2. The highest BCUT2D eigenvalue weighted by Gasteiger charge is 2.19. The molecule has 0 spiro atoms. The molecule has 2 aromatic heterocycles. The summed E-state index contributed by atoms with van der Waals surface area (Å²) in [5.41, 5.74) is 4.79. The van der Waals surface area contributed by atoms with E-state index in [1.807, 2.05) is 68.2 Å². The molecule has 1 aliphatic rings. The van der Waals surface area contributed by atoms with Crippen LogP contribution in [0.4, 0.5) is 17.1 Å². The molecule has 4 aromatic rings. The van der Waals surface area contributed by atoms with Gasteiger partial charge in [0, 0.05) is 68.4 Å². The number of benzene rings is 2. The van der Waals surface area contributed by atoms with Crippen molar-refractivity contribution in [3.8, 4) is 11.8 Å². The van der Waals surface area contributed by atoms with Crippen molar-refractivity contribution < 1.29 is 9.53 Å². The van der Waals surface area contributed by atoms with Gasteiger partial charge in [-0.15, -0.1) is 0 Å². The molecule has 1 fully saturated rings. The Morgan fingerprint density at radius 2 is 1.95 bits per heavy atom. The van der Waals surface area contributed by atoms with Crippen LogP contribution in [0, 0.1) is 11.3 Å². The molecule has 0 saturated carbocycles. The summed E-state index contributed by atoms with van der Waals surface area (Å²) < 4.78 is 7.72. The van der Waals surface area contributed by atoms with E-state index in [9.17, 15) is 10.1 Å². The summed E-state index contributed by atoms with van der Waals surface area (Å²) >= 11 is 0. The van der Waals surface area contributed by atoms with Crippen LogP contribution in [0.1, 0.15) is 25.1 Å². The van der Waals surface area contributed by atoms with Crippen LogP contribution in [0.2, 0.25) is 0 Å². The summed E-state index contributed by atoms with van der Waals surface area (Å²) in [7, 11) is 4.02. The van der Waals surface area contributed by atoms with Crippen molar-refractivity contribution in [3.63, 3.8) is 0 Å². The predicted molar refractivity (Wildman–Crippen MR) is 163 cm³/mol. The van der Waals surface area contributed by atoms with Crippen molar-refractivity contribution in [1.29, 1.82) is 5.26 Å². The van der Waals surface area contributed by atoms with Crippen molar-refractivity contribution in [2.24, 2.45) is 7.05 Å². The Kier molecular flexibility index (Phi) is 8.47. The molecule has 0 radical (unpaired) electrons. The van der Waals surface area contributed by atoms with E-state index in [0.717, 1.165) is 49.3 Å². The van der Waals surface area contributed by atoms with Crippen molar-refractivity contribution in [2.45, 2.75) is 20.3 Å². The van der Waals surface area contributed by atoms with Gasteiger partial charge in [0.15, 0.2) is 0 Å². The number of carbonyl (C=O) groups excluding carboxylic acids is 1. The highest BCUT2D eigenvalue weighted by Crippen LogP contribution is 2.38. The normalized spacial score (nSPS) is 14.5. The van der Waals surface area contributed by atoms with Gasteiger partial charge in [0.2, 0.25) is 5.91 Å². The number of aromatic nitrogens is 3. The third kappa shape index (κ3) is 6.16. The number of likely N-dealkylation sites (N-methyl/N-ethyl adjacent to an activating group) is 1. The molecule has 0 aliphatic carbocycles.